The second-order valence-corrected chi connectivity index (χ2v) is 7.74. The third-order valence-electron chi connectivity index (χ3n) is 5.86. The van der Waals surface area contributed by atoms with Crippen molar-refractivity contribution in [1.29, 1.82) is 0 Å². The van der Waals surface area contributed by atoms with Gasteiger partial charge < -0.3 is 0 Å². The van der Waals surface area contributed by atoms with Gasteiger partial charge in [0.15, 0.2) is 0 Å². The lowest BCUT2D eigenvalue weighted by atomic mass is 9.83. The topological polar surface area (TPSA) is 0 Å². The first-order valence-electron chi connectivity index (χ1n) is 9.99. The molecule has 2 rings (SSSR count). The number of hydrogen-bond acceptors (Lipinski definition) is 0. The Hall–Kier alpha value is -1.00. The first kappa shape index (κ1) is 18.3. The lowest BCUT2D eigenvalue weighted by molar-refractivity contribution is 0.423. The molecule has 0 saturated heterocycles. The van der Waals surface area contributed by atoms with E-state index in [1.54, 1.807) is 5.57 Å². The molecule has 0 bridgehead atoms. The fourth-order valence-electron chi connectivity index (χ4n) is 4.02. The molecule has 0 aromatic rings. The molecule has 0 spiro atoms. The van der Waals surface area contributed by atoms with Gasteiger partial charge in [-0.1, -0.05) is 58.8 Å². The molecule has 0 aromatic carbocycles. The lowest BCUT2D eigenvalue weighted by Gasteiger charge is -2.22. The van der Waals surface area contributed by atoms with Crippen LogP contribution >= 0.6 is 0 Å². The minimum Gasteiger partial charge on any atom is -0.117 e. The van der Waals surface area contributed by atoms with E-state index in [0.29, 0.717) is 5.92 Å². The van der Waals surface area contributed by atoms with E-state index in [9.17, 15) is 0 Å². The zero-order valence-corrected chi connectivity index (χ0v) is 15.9. The maximum atomic E-state index is 3.69. The molecule has 0 aromatic heterocycles. The standard InChI is InChI=1S/C23H36/c1-5-6-12-18(2)22-15-16-23(20(4)19(3)17-22)21-13-10-8-7-9-11-14-21/h16-18,21H,5-14H2,1-4H3. The van der Waals surface area contributed by atoms with Crippen molar-refractivity contribution >= 4 is 0 Å². The molecule has 1 atom stereocenters. The third kappa shape index (κ3) is 5.25. The molecule has 0 amide bonds. The van der Waals surface area contributed by atoms with Gasteiger partial charge in [-0.15, -0.1) is 5.73 Å². The summed E-state index contributed by atoms with van der Waals surface area (Å²) >= 11 is 0. The Kier molecular flexibility index (Phi) is 7.44. The Morgan fingerprint density at radius 2 is 1.74 bits per heavy atom. The van der Waals surface area contributed by atoms with Gasteiger partial charge in [-0.3, -0.25) is 0 Å². The summed E-state index contributed by atoms with van der Waals surface area (Å²) in [6.45, 7) is 9.28. The average Bonchev–Trinajstić information content (AvgIpc) is 2.65. The highest BCUT2D eigenvalue weighted by Gasteiger charge is 2.19. The quantitative estimate of drug-likeness (QED) is 0.460. The van der Waals surface area contributed by atoms with Crippen molar-refractivity contribution in [3.8, 4) is 0 Å². The first-order chi connectivity index (χ1) is 11.1. The zero-order valence-electron chi connectivity index (χ0n) is 15.9. The van der Waals surface area contributed by atoms with Gasteiger partial charge >= 0.3 is 0 Å². The minimum absolute atomic E-state index is 0.630. The van der Waals surface area contributed by atoms with E-state index >= 15 is 0 Å². The van der Waals surface area contributed by atoms with Crippen LogP contribution in [0.1, 0.15) is 91.9 Å². The smallest absolute Gasteiger partial charge is 0.00293 e. The van der Waals surface area contributed by atoms with Crippen molar-refractivity contribution in [3.63, 3.8) is 0 Å². The van der Waals surface area contributed by atoms with E-state index in [-0.39, 0.29) is 0 Å². The van der Waals surface area contributed by atoms with Crippen LogP contribution in [0.5, 0.6) is 0 Å². The molecule has 0 heteroatoms. The molecular formula is C23H36. The molecule has 23 heavy (non-hydrogen) atoms. The number of allylic oxidation sites excluding steroid dienone is 5. The molecule has 0 N–H and O–H groups in total. The highest BCUT2D eigenvalue weighted by Crippen LogP contribution is 2.34. The number of hydrogen-bond donors (Lipinski definition) is 0. The van der Waals surface area contributed by atoms with E-state index in [1.807, 2.05) is 0 Å². The van der Waals surface area contributed by atoms with Gasteiger partial charge in [0.2, 0.25) is 0 Å². The predicted molar refractivity (Wildman–Crippen MR) is 103 cm³/mol. The van der Waals surface area contributed by atoms with Crippen LogP contribution in [0.25, 0.3) is 0 Å². The van der Waals surface area contributed by atoms with E-state index in [0.717, 1.165) is 5.92 Å². The highest BCUT2D eigenvalue weighted by molar-refractivity contribution is 5.46. The fraction of sp³-hybridized carbons (Fsp3) is 0.696. The van der Waals surface area contributed by atoms with Crippen LogP contribution in [0, 0.1) is 11.8 Å². The fourth-order valence-corrected chi connectivity index (χ4v) is 4.02. The maximum absolute atomic E-state index is 3.69. The second kappa shape index (κ2) is 9.33. The second-order valence-electron chi connectivity index (χ2n) is 7.74. The van der Waals surface area contributed by atoms with Crippen molar-refractivity contribution in [2.75, 3.05) is 0 Å². The molecular weight excluding hydrogens is 276 g/mol. The Balaban J connectivity index is 2.22. The van der Waals surface area contributed by atoms with Gasteiger partial charge in [-0.05, 0) is 79.4 Å². The van der Waals surface area contributed by atoms with Crippen molar-refractivity contribution in [2.24, 2.45) is 11.8 Å². The maximum Gasteiger partial charge on any atom is -0.00293 e. The largest absolute Gasteiger partial charge is 0.117 e. The summed E-state index contributed by atoms with van der Waals surface area (Å²) in [6.07, 6.45) is 18.5. The van der Waals surface area contributed by atoms with Crippen LogP contribution in [0.15, 0.2) is 40.2 Å². The molecule has 0 nitrogen and oxygen atoms in total. The van der Waals surface area contributed by atoms with Gasteiger partial charge in [0.1, 0.15) is 0 Å². The summed E-state index contributed by atoms with van der Waals surface area (Å²) in [5, 5.41) is 0. The van der Waals surface area contributed by atoms with Gasteiger partial charge in [-0.2, -0.15) is 0 Å². The molecule has 1 saturated carbocycles. The highest BCUT2D eigenvalue weighted by atomic mass is 14.2. The summed E-state index contributed by atoms with van der Waals surface area (Å²) in [5.41, 5.74) is 9.66. The molecule has 0 radical (unpaired) electrons. The SMILES string of the molecule is CCCCC(C)C1=C=CC(C2CCCCCCC2)=C(C)C(C)=C1. The predicted octanol–water partition coefficient (Wildman–Crippen LogP) is 7.53. The molecule has 128 valence electrons. The van der Waals surface area contributed by atoms with Crippen LogP contribution in [0.4, 0.5) is 0 Å². The van der Waals surface area contributed by atoms with Crippen LogP contribution in [0.3, 0.4) is 0 Å². The van der Waals surface area contributed by atoms with E-state index in [1.165, 1.54) is 80.9 Å². The zero-order chi connectivity index (χ0) is 16.7. The Morgan fingerprint density at radius 1 is 1.09 bits per heavy atom. The Labute approximate surface area is 144 Å². The van der Waals surface area contributed by atoms with Gasteiger partial charge in [0, 0.05) is 0 Å². The summed E-state index contributed by atoms with van der Waals surface area (Å²) < 4.78 is 0. The Bertz CT molecular complexity index is 500. The third-order valence-corrected chi connectivity index (χ3v) is 5.86. The van der Waals surface area contributed by atoms with Gasteiger partial charge in [-0.25, -0.2) is 0 Å². The summed E-state index contributed by atoms with van der Waals surface area (Å²) in [7, 11) is 0. The van der Waals surface area contributed by atoms with Crippen molar-refractivity contribution in [2.45, 2.75) is 91.9 Å². The van der Waals surface area contributed by atoms with Crippen molar-refractivity contribution in [3.05, 3.63) is 40.2 Å². The molecule has 0 aliphatic heterocycles. The first-order valence-corrected chi connectivity index (χ1v) is 9.99. The van der Waals surface area contributed by atoms with Crippen LogP contribution < -0.4 is 0 Å². The summed E-state index contributed by atoms with van der Waals surface area (Å²) in [5.74, 6) is 1.39. The average molecular weight is 313 g/mol. The Morgan fingerprint density at radius 3 is 2.39 bits per heavy atom. The van der Waals surface area contributed by atoms with Gasteiger partial charge in [0.25, 0.3) is 0 Å². The van der Waals surface area contributed by atoms with Crippen LogP contribution in [0.2, 0.25) is 0 Å². The molecule has 2 aliphatic carbocycles. The monoisotopic (exact) mass is 312 g/mol. The summed E-state index contributed by atoms with van der Waals surface area (Å²) in [6, 6.07) is 0. The lowest BCUT2D eigenvalue weighted by Crippen LogP contribution is -2.07. The molecule has 0 heterocycles. The van der Waals surface area contributed by atoms with Crippen LogP contribution in [-0.4, -0.2) is 0 Å². The van der Waals surface area contributed by atoms with E-state index in [2.05, 4.69) is 45.6 Å². The number of rotatable bonds is 5. The number of unbranched alkanes of at least 4 members (excludes halogenated alkanes) is 1. The van der Waals surface area contributed by atoms with Crippen molar-refractivity contribution < 1.29 is 0 Å². The van der Waals surface area contributed by atoms with Crippen molar-refractivity contribution in [1.82, 2.24) is 0 Å². The van der Waals surface area contributed by atoms with Gasteiger partial charge in [0.05, 0.1) is 0 Å². The normalized spacial score (nSPS) is 22.1. The van der Waals surface area contributed by atoms with E-state index in [4.69, 9.17) is 0 Å². The van der Waals surface area contributed by atoms with Crippen LogP contribution in [-0.2, 0) is 0 Å². The van der Waals surface area contributed by atoms with E-state index < -0.39 is 0 Å². The summed E-state index contributed by atoms with van der Waals surface area (Å²) in [4.78, 5) is 0. The molecule has 1 fully saturated rings. The minimum atomic E-state index is 0.630. The molecule has 2 aliphatic rings. The molecule has 1 unspecified atom stereocenters.